The molecule has 0 heterocycles. The maximum Gasteiger partial charge on any atom is 0.416 e. The zero-order chi connectivity index (χ0) is 20.9. The fourth-order valence-electron chi connectivity index (χ4n) is 2.09. The minimum Gasteiger partial charge on any atom is -0.482 e. The van der Waals surface area contributed by atoms with Crippen LogP contribution < -0.4 is 9.46 Å². The molecular weight excluding hydrogens is 423 g/mol. The van der Waals surface area contributed by atoms with Crippen LogP contribution in [-0.4, -0.2) is 27.6 Å². The molecule has 152 valence electrons. The number of alkyl halides is 3. The molecule has 0 fully saturated rings. The van der Waals surface area contributed by atoms with E-state index in [1.54, 1.807) is 6.92 Å². The molecule has 11 heteroatoms. The zero-order valence-corrected chi connectivity index (χ0v) is 16.0. The standard InChI is InChI=1S/C17H15ClF3NO5S/c1-2-26-16(23)10-27-13-5-3-4-12(9-13)22-28(24,25)15-8-11(17(19,20)21)6-7-14(15)18/h3-9,22H,2,10H2,1H3. The summed E-state index contributed by atoms with van der Waals surface area (Å²) in [6.45, 7) is 1.43. The number of hydrogen-bond donors (Lipinski definition) is 1. The summed E-state index contributed by atoms with van der Waals surface area (Å²) in [6.07, 6.45) is -4.73. The van der Waals surface area contributed by atoms with Crippen molar-refractivity contribution in [1.82, 2.24) is 0 Å². The predicted octanol–water partition coefficient (Wildman–Crippen LogP) is 4.10. The van der Waals surface area contributed by atoms with E-state index in [1.807, 2.05) is 0 Å². The molecule has 2 aromatic carbocycles. The van der Waals surface area contributed by atoms with Crippen LogP contribution in [0.5, 0.6) is 5.75 Å². The molecule has 2 aromatic rings. The average Bonchev–Trinajstić information content (AvgIpc) is 2.59. The first kappa shape index (κ1) is 21.8. The molecule has 0 saturated heterocycles. The Morgan fingerprint density at radius 2 is 1.89 bits per heavy atom. The van der Waals surface area contributed by atoms with Crippen LogP contribution in [0, 0.1) is 0 Å². The minimum atomic E-state index is -4.73. The van der Waals surface area contributed by atoms with Gasteiger partial charge in [0.05, 0.1) is 22.9 Å². The van der Waals surface area contributed by atoms with E-state index in [1.165, 1.54) is 24.3 Å². The quantitative estimate of drug-likeness (QED) is 0.659. The Bertz CT molecular complexity index is 964. The molecule has 0 spiro atoms. The summed E-state index contributed by atoms with van der Waals surface area (Å²) in [5.74, 6) is -0.451. The van der Waals surface area contributed by atoms with Crippen LogP contribution in [0.25, 0.3) is 0 Å². The van der Waals surface area contributed by atoms with Gasteiger partial charge >= 0.3 is 12.1 Å². The monoisotopic (exact) mass is 437 g/mol. The van der Waals surface area contributed by atoms with Crippen LogP contribution in [0.3, 0.4) is 0 Å². The third kappa shape index (κ3) is 5.77. The highest BCUT2D eigenvalue weighted by Gasteiger charge is 2.32. The Morgan fingerprint density at radius 3 is 2.54 bits per heavy atom. The Labute approximate surface area is 164 Å². The lowest BCUT2D eigenvalue weighted by Gasteiger charge is -2.13. The van der Waals surface area contributed by atoms with Crippen molar-refractivity contribution in [2.75, 3.05) is 17.9 Å². The normalized spacial score (nSPS) is 11.8. The lowest BCUT2D eigenvalue weighted by molar-refractivity contribution is -0.145. The van der Waals surface area contributed by atoms with Gasteiger partial charge in [0.2, 0.25) is 0 Å². The second-order valence-corrected chi connectivity index (χ2v) is 7.43. The molecule has 0 atom stereocenters. The Hall–Kier alpha value is -2.46. The molecule has 28 heavy (non-hydrogen) atoms. The molecule has 0 aliphatic rings. The Balaban J connectivity index is 2.23. The van der Waals surface area contributed by atoms with Crippen molar-refractivity contribution in [2.45, 2.75) is 18.0 Å². The van der Waals surface area contributed by atoms with E-state index in [0.29, 0.717) is 12.1 Å². The van der Waals surface area contributed by atoms with Gasteiger partial charge in [-0.2, -0.15) is 13.2 Å². The van der Waals surface area contributed by atoms with Crippen LogP contribution in [0.4, 0.5) is 18.9 Å². The number of esters is 1. The van der Waals surface area contributed by atoms with E-state index in [-0.39, 0.29) is 29.7 Å². The number of halogens is 4. The van der Waals surface area contributed by atoms with Gasteiger partial charge in [-0.3, -0.25) is 4.72 Å². The second-order valence-electron chi connectivity index (χ2n) is 5.37. The van der Waals surface area contributed by atoms with Crippen molar-refractivity contribution >= 4 is 33.3 Å². The van der Waals surface area contributed by atoms with Crippen molar-refractivity contribution < 1.29 is 35.9 Å². The number of sulfonamides is 1. The molecular formula is C17H15ClF3NO5S. The summed E-state index contributed by atoms with van der Waals surface area (Å²) in [6, 6.07) is 7.52. The lowest BCUT2D eigenvalue weighted by Crippen LogP contribution is -2.16. The van der Waals surface area contributed by atoms with Gasteiger partial charge in [0, 0.05) is 6.07 Å². The first-order chi connectivity index (χ1) is 13.0. The number of benzene rings is 2. The molecule has 6 nitrogen and oxygen atoms in total. The van der Waals surface area contributed by atoms with E-state index >= 15 is 0 Å². The summed E-state index contributed by atoms with van der Waals surface area (Å²) in [7, 11) is -4.41. The molecule has 0 aliphatic heterocycles. The van der Waals surface area contributed by atoms with Crippen molar-refractivity contribution in [3.05, 3.63) is 53.1 Å². The first-order valence-corrected chi connectivity index (χ1v) is 9.67. The highest BCUT2D eigenvalue weighted by atomic mass is 35.5. The fraction of sp³-hybridized carbons (Fsp3) is 0.235. The maximum absolute atomic E-state index is 12.9. The Kier molecular flexibility index (Phi) is 6.78. The molecule has 1 N–H and O–H groups in total. The highest BCUT2D eigenvalue weighted by Crippen LogP contribution is 2.34. The van der Waals surface area contributed by atoms with Gasteiger partial charge in [-0.1, -0.05) is 17.7 Å². The van der Waals surface area contributed by atoms with E-state index in [4.69, 9.17) is 21.1 Å². The summed E-state index contributed by atoms with van der Waals surface area (Å²) in [5.41, 5.74) is -1.14. The molecule has 0 radical (unpaired) electrons. The molecule has 0 amide bonds. The molecule has 2 rings (SSSR count). The lowest BCUT2D eigenvalue weighted by atomic mass is 10.2. The second kappa shape index (κ2) is 8.70. The number of hydrogen-bond acceptors (Lipinski definition) is 5. The largest absolute Gasteiger partial charge is 0.482 e. The van der Waals surface area contributed by atoms with Crippen LogP contribution in [-0.2, 0) is 25.7 Å². The maximum atomic E-state index is 12.9. The molecule has 0 aromatic heterocycles. The van der Waals surface area contributed by atoms with Gasteiger partial charge in [-0.05, 0) is 37.3 Å². The third-order valence-electron chi connectivity index (χ3n) is 3.30. The van der Waals surface area contributed by atoms with Crippen LogP contribution in [0.15, 0.2) is 47.4 Å². The number of anilines is 1. The fourth-order valence-corrected chi connectivity index (χ4v) is 3.67. The van der Waals surface area contributed by atoms with E-state index in [2.05, 4.69) is 4.72 Å². The van der Waals surface area contributed by atoms with E-state index < -0.39 is 32.6 Å². The summed E-state index contributed by atoms with van der Waals surface area (Å²) < 4.78 is 75.6. The first-order valence-electron chi connectivity index (χ1n) is 7.81. The van der Waals surface area contributed by atoms with Crippen LogP contribution >= 0.6 is 11.6 Å². The number of nitrogens with one attached hydrogen (secondary N) is 1. The number of carbonyl (C=O) groups is 1. The van der Waals surface area contributed by atoms with Crippen molar-refractivity contribution in [1.29, 1.82) is 0 Å². The third-order valence-corrected chi connectivity index (χ3v) is 5.16. The summed E-state index contributed by atoms with van der Waals surface area (Å²) in [5, 5.41) is -0.366. The topological polar surface area (TPSA) is 81.7 Å². The number of rotatable bonds is 7. The van der Waals surface area contributed by atoms with Gasteiger partial charge in [0.15, 0.2) is 6.61 Å². The van der Waals surface area contributed by atoms with Crippen molar-refractivity contribution in [2.24, 2.45) is 0 Å². The van der Waals surface area contributed by atoms with Crippen LogP contribution in [0.1, 0.15) is 12.5 Å². The number of carbonyl (C=O) groups excluding carboxylic acids is 1. The SMILES string of the molecule is CCOC(=O)COc1cccc(NS(=O)(=O)c2cc(C(F)(F)F)ccc2Cl)c1. The molecule has 0 saturated carbocycles. The smallest absolute Gasteiger partial charge is 0.416 e. The highest BCUT2D eigenvalue weighted by molar-refractivity contribution is 7.92. The van der Waals surface area contributed by atoms with Gasteiger partial charge in [-0.15, -0.1) is 0 Å². The average molecular weight is 438 g/mol. The minimum absolute atomic E-state index is 0.00911. The molecule has 0 unspecified atom stereocenters. The number of ether oxygens (including phenoxy) is 2. The van der Waals surface area contributed by atoms with Gasteiger partial charge in [0.25, 0.3) is 10.0 Å². The van der Waals surface area contributed by atoms with Crippen molar-refractivity contribution in [3.63, 3.8) is 0 Å². The van der Waals surface area contributed by atoms with Crippen LogP contribution in [0.2, 0.25) is 5.02 Å². The zero-order valence-electron chi connectivity index (χ0n) is 14.4. The Morgan fingerprint density at radius 1 is 1.18 bits per heavy atom. The van der Waals surface area contributed by atoms with Crippen molar-refractivity contribution in [3.8, 4) is 5.75 Å². The van der Waals surface area contributed by atoms with E-state index in [9.17, 15) is 26.4 Å². The van der Waals surface area contributed by atoms with Gasteiger partial charge in [0.1, 0.15) is 10.6 Å². The molecule has 0 bridgehead atoms. The van der Waals surface area contributed by atoms with E-state index in [0.717, 1.165) is 6.07 Å². The van der Waals surface area contributed by atoms with Gasteiger partial charge < -0.3 is 9.47 Å². The molecule has 0 aliphatic carbocycles. The van der Waals surface area contributed by atoms with Gasteiger partial charge in [-0.25, -0.2) is 13.2 Å². The summed E-state index contributed by atoms with van der Waals surface area (Å²) >= 11 is 5.78. The predicted molar refractivity (Wildman–Crippen MR) is 95.8 cm³/mol. The summed E-state index contributed by atoms with van der Waals surface area (Å²) in [4.78, 5) is 10.6.